The molecule has 3 N–H and O–H groups in total. The molecule has 1 aliphatic carbocycles. The Hall–Kier alpha value is -2.41. The van der Waals surface area contributed by atoms with Gasteiger partial charge in [0.15, 0.2) is 0 Å². The van der Waals surface area contributed by atoms with E-state index < -0.39 is 6.09 Å². The van der Waals surface area contributed by atoms with Gasteiger partial charge in [0.05, 0.1) is 11.0 Å². The van der Waals surface area contributed by atoms with Gasteiger partial charge in [-0.25, -0.2) is 9.78 Å². The first-order chi connectivity index (χ1) is 11.6. The van der Waals surface area contributed by atoms with Crippen LogP contribution in [0.15, 0.2) is 35.7 Å². The molecule has 126 valence electrons. The molecule has 0 aliphatic heterocycles. The fraction of sp³-hybridized carbons (Fsp3) is 0.353. The summed E-state index contributed by atoms with van der Waals surface area (Å²) in [6.07, 6.45) is 1.99. The third-order valence-electron chi connectivity index (χ3n) is 3.77. The van der Waals surface area contributed by atoms with Crippen molar-refractivity contribution in [3.8, 4) is 0 Å². The largest absolute Gasteiger partial charge is 0.448 e. The van der Waals surface area contributed by atoms with E-state index in [-0.39, 0.29) is 18.6 Å². The summed E-state index contributed by atoms with van der Waals surface area (Å²) in [6, 6.07) is 9.32. The molecule has 1 unspecified atom stereocenters. The molecular weight excluding hydrogens is 326 g/mol. The van der Waals surface area contributed by atoms with E-state index in [2.05, 4.69) is 10.3 Å². The fourth-order valence-corrected chi connectivity index (χ4v) is 3.37. The van der Waals surface area contributed by atoms with E-state index in [9.17, 15) is 9.59 Å². The number of ether oxygens (including phenoxy) is 1. The monoisotopic (exact) mass is 345 g/mol. The molecule has 1 aliphatic rings. The minimum atomic E-state index is -0.855. The standard InChI is InChI=1S/C17H19N3O3S/c18-17(22)23-9-13(8-11-4-2-1-3-5-11)19-15(21)14-10-24-16(20-14)12-6-7-12/h1-5,10,12-13H,6-9H2,(H2,18,22)(H,19,21). The molecule has 7 heteroatoms. The van der Waals surface area contributed by atoms with Crippen molar-refractivity contribution in [2.45, 2.75) is 31.2 Å². The van der Waals surface area contributed by atoms with Crippen molar-refractivity contribution in [1.29, 1.82) is 0 Å². The second-order valence-corrected chi connectivity index (χ2v) is 6.73. The topological polar surface area (TPSA) is 94.3 Å². The van der Waals surface area contributed by atoms with Gasteiger partial charge >= 0.3 is 6.09 Å². The highest BCUT2D eigenvalue weighted by Gasteiger charge is 2.28. The normalized spacial score (nSPS) is 14.8. The third-order valence-corrected chi connectivity index (χ3v) is 4.78. The van der Waals surface area contributed by atoms with Crippen LogP contribution < -0.4 is 11.1 Å². The third kappa shape index (κ3) is 4.55. The van der Waals surface area contributed by atoms with Gasteiger partial charge in [-0.2, -0.15) is 0 Å². The number of benzene rings is 1. The van der Waals surface area contributed by atoms with Gasteiger partial charge in [0.2, 0.25) is 0 Å². The van der Waals surface area contributed by atoms with Crippen LogP contribution in [0.1, 0.15) is 39.8 Å². The van der Waals surface area contributed by atoms with Crippen molar-refractivity contribution in [3.05, 3.63) is 52.0 Å². The zero-order valence-corrected chi connectivity index (χ0v) is 13.9. The van der Waals surface area contributed by atoms with Gasteiger partial charge in [-0.1, -0.05) is 30.3 Å². The molecule has 0 saturated heterocycles. The van der Waals surface area contributed by atoms with Crippen LogP contribution in [-0.4, -0.2) is 29.6 Å². The molecule has 6 nitrogen and oxygen atoms in total. The van der Waals surface area contributed by atoms with E-state index in [1.54, 1.807) is 5.38 Å². The Balaban J connectivity index is 1.64. The molecule has 24 heavy (non-hydrogen) atoms. The highest BCUT2D eigenvalue weighted by molar-refractivity contribution is 7.10. The lowest BCUT2D eigenvalue weighted by Crippen LogP contribution is -2.41. The molecular formula is C17H19N3O3S. The van der Waals surface area contributed by atoms with E-state index in [1.165, 1.54) is 11.3 Å². The van der Waals surface area contributed by atoms with Crippen molar-refractivity contribution in [2.24, 2.45) is 5.73 Å². The minimum absolute atomic E-state index is 0.0234. The number of hydrogen-bond donors (Lipinski definition) is 2. The number of nitrogens with zero attached hydrogens (tertiary/aromatic N) is 1. The van der Waals surface area contributed by atoms with E-state index in [4.69, 9.17) is 10.5 Å². The Morgan fingerprint density at radius 2 is 2.08 bits per heavy atom. The van der Waals surface area contributed by atoms with E-state index in [0.717, 1.165) is 23.4 Å². The Bertz CT molecular complexity index is 713. The lowest BCUT2D eigenvalue weighted by atomic mass is 10.1. The summed E-state index contributed by atoms with van der Waals surface area (Å²) in [5, 5.41) is 5.68. The predicted molar refractivity (Wildman–Crippen MR) is 91.0 cm³/mol. The number of aromatic nitrogens is 1. The second-order valence-electron chi connectivity index (χ2n) is 5.84. The average molecular weight is 345 g/mol. The van der Waals surface area contributed by atoms with Gasteiger partial charge in [0.25, 0.3) is 5.91 Å². The molecule has 1 fully saturated rings. The molecule has 1 saturated carbocycles. The fourth-order valence-electron chi connectivity index (χ4n) is 2.40. The van der Waals surface area contributed by atoms with Gasteiger partial charge < -0.3 is 15.8 Å². The van der Waals surface area contributed by atoms with Crippen LogP contribution in [0, 0.1) is 0 Å². The first-order valence-corrected chi connectivity index (χ1v) is 8.72. The second kappa shape index (κ2) is 7.44. The van der Waals surface area contributed by atoms with Gasteiger partial charge in [0, 0.05) is 11.3 Å². The Labute approximate surface area is 144 Å². The lowest BCUT2D eigenvalue weighted by molar-refractivity contribution is 0.0894. The van der Waals surface area contributed by atoms with Crippen LogP contribution in [0.4, 0.5) is 4.79 Å². The number of carbonyl (C=O) groups excluding carboxylic acids is 2. The number of thiazole rings is 1. The predicted octanol–water partition coefficient (Wildman–Crippen LogP) is 2.46. The Kier molecular flexibility index (Phi) is 5.10. The van der Waals surface area contributed by atoms with E-state index in [1.807, 2.05) is 30.3 Å². The van der Waals surface area contributed by atoms with Crippen molar-refractivity contribution >= 4 is 23.3 Å². The highest BCUT2D eigenvalue weighted by atomic mass is 32.1. The van der Waals surface area contributed by atoms with Crippen LogP contribution in [0.25, 0.3) is 0 Å². The van der Waals surface area contributed by atoms with E-state index in [0.29, 0.717) is 18.0 Å². The SMILES string of the molecule is NC(=O)OCC(Cc1ccccc1)NC(=O)c1csc(C2CC2)n1. The molecule has 0 spiro atoms. The smallest absolute Gasteiger partial charge is 0.404 e. The maximum atomic E-state index is 12.4. The highest BCUT2D eigenvalue weighted by Crippen LogP contribution is 2.41. The average Bonchev–Trinajstić information content (AvgIpc) is 3.30. The minimum Gasteiger partial charge on any atom is -0.448 e. The molecule has 3 rings (SSSR count). The number of carbonyl (C=O) groups is 2. The van der Waals surface area contributed by atoms with Crippen molar-refractivity contribution in [2.75, 3.05) is 6.61 Å². The first-order valence-electron chi connectivity index (χ1n) is 7.84. The van der Waals surface area contributed by atoms with Crippen molar-refractivity contribution in [1.82, 2.24) is 10.3 Å². The summed E-state index contributed by atoms with van der Waals surface area (Å²) in [5.74, 6) is 0.266. The van der Waals surface area contributed by atoms with Gasteiger partial charge in [0.1, 0.15) is 12.3 Å². The van der Waals surface area contributed by atoms with Gasteiger partial charge in [-0.3, -0.25) is 4.79 Å². The number of hydrogen-bond acceptors (Lipinski definition) is 5. The maximum Gasteiger partial charge on any atom is 0.404 e. The summed E-state index contributed by atoms with van der Waals surface area (Å²) in [4.78, 5) is 27.7. The summed E-state index contributed by atoms with van der Waals surface area (Å²) in [7, 11) is 0. The molecule has 1 aromatic heterocycles. The zero-order valence-electron chi connectivity index (χ0n) is 13.1. The van der Waals surface area contributed by atoms with Crippen LogP contribution in [-0.2, 0) is 11.2 Å². The zero-order chi connectivity index (χ0) is 16.9. The summed E-state index contributed by atoms with van der Waals surface area (Å²) >= 11 is 1.52. The van der Waals surface area contributed by atoms with Crippen molar-refractivity contribution in [3.63, 3.8) is 0 Å². The Morgan fingerprint density at radius 3 is 2.75 bits per heavy atom. The van der Waals surface area contributed by atoms with Crippen molar-refractivity contribution < 1.29 is 14.3 Å². The van der Waals surface area contributed by atoms with Gasteiger partial charge in [-0.05, 0) is 24.8 Å². The number of nitrogens with two attached hydrogens (primary N) is 1. The quantitative estimate of drug-likeness (QED) is 0.806. The van der Waals surface area contributed by atoms with Gasteiger partial charge in [-0.15, -0.1) is 11.3 Å². The summed E-state index contributed by atoms with van der Waals surface area (Å²) in [6.45, 7) is 0.0234. The molecule has 2 aromatic rings. The number of rotatable bonds is 7. The molecule has 0 radical (unpaired) electrons. The molecule has 2 amide bonds. The van der Waals surface area contributed by atoms with Crippen LogP contribution >= 0.6 is 11.3 Å². The van der Waals surface area contributed by atoms with Crippen LogP contribution in [0.2, 0.25) is 0 Å². The number of nitrogens with one attached hydrogen (secondary N) is 1. The van der Waals surface area contributed by atoms with E-state index >= 15 is 0 Å². The summed E-state index contributed by atoms with van der Waals surface area (Å²) in [5.41, 5.74) is 6.49. The van der Waals surface area contributed by atoms with Crippen LogP contribution in [0.3, 0.4) is 0 Å². The maximum absolute atomic E-state index is 12.4. The summed E-state index contributed by atoms with van der Waals surface area (Å²) < 4.78 is 4.87. The number of primary amides is 1. The number of amides is 2. The Morgan fingerprint density at radius 1 is 1.33 bits per heavy atom. The lowest BCUT2D eigenvalue weighted by Gasteiger charge is -2.18. The molecule has 1 atom stereocenters. The molecule has 0 bridgehead atoms. The molecule has 1 heterocycles. The molecule has 1 aromatic carbocycles. The first kappa shape index (κ1) is 16.4. The van der Waals surface area contributed by atoms with Crippen LogP contribution in [0.5, 0.6) is 0 Å².